The second kappa shape index (κ2) is 5.79. The molecule has 1 rings (SSSR count). The lowest BCUT2D eigenvalue weighted by Crippen LogP contribution is -2.39. The zero-order chi connectivity index (χ0) is 13.9. The van der Waals surface area contributed by atoms with Crippen LogP contribution < -0.4 is 10.5 Å². The Kier molecular flexibility index (Phi) is 4.85. The van der Waals surface area contributed by atoms with Gasteiger partial charge >= 0.3 is 0 Å². The minimum Gasteiger partial charge on any atom is -0.337 e. The maximum Gasteiger partial charge on any atom is 0.263 e. The van der Waals surface area contributed by atoms with Crippen molar-refractivity contribution >= 4 is 27.3 Å². The smallest absolute Gasteiger partial charge is 0.263 e. The number of nitrogens with one attached hydrogen (secondary N) is 1. The molecule has 0 saturated heterocycles. The summed E-state index contributed by atoms with van der Waals surface area (Å²) in [4.78, 5) is 14.0. The molecule has 1 aromatic heterocycles. The van der Waals surface area contributed by atoms with Gasteiger partial charge in [0.1, 0.15) is 0 Å². The Labute approximate surface area is 111 Å². The molecule has 0 aliphatic rings. The predicted molar refractivity (Wildman–Crippen MR) is 71.2 cm³/mol. The van der Waals surface area contributed by atoms with Crippen LogP contribution in [0.4, 0.5) is 0 Å². The number of thiophene rings is 1. The molecule has 1 amide bonds. The zero-order valence-corrected chi connectivity index (χ0v) is 12.1. The molecule has 0 aromatic carbocycles. The summed E-state index contributed by atoms with van der Waals surface area (Å²) in [6.07, 6.45) is 0. The van der Waals surface area contributed by atoms with Gasteiger partial charge in [-0.1, -0.05) is 0 Å². The van der Waals surface area contributed by atoms with E-state index in [4.69, 9.17) is 5.73 Å². The second-order valence-corrected chi connectivity index (χ2v) is 6.65. The summed E-state index contributed by atoms with van der Waals surface area (Å²) in [6.45, 7) is 2.19. The molecular weight excluding hydrogens is 274 g/mol. The van der Waals surface area contributed by atoms with Gasteiger partial charge in [0, 0.05) is 25.0 Å². The molecule has 0 saturated carbocycles. The zero-order valence-electron chi connectivity index (χ0n) is 10.5. The molecular formula is C10H17N3O3S2. The normalized spacial score (nSPS) is 13.3. The van der Waals surface area contributed by atoms with Gasteiger partial charge in [-0.3, -0.25) is 4.79 Å². The van der Waals surface area contributed by atoms with E-state index in [-0.39, 0.29) is 16.8 Å². The first-order valence-corrected chi connectivity index (χ1v) is 7.69. The van der Waals surface area contributed by atoms with Crippen LogP contribution in [0, 0.1) is 0 Å². The number of hydrogen-bond donors (Lipinski definition) is 2. The molecule has 1 heterocycles. The first-order chi connectivity index (χ1) is 8.33. The van der Waals surface area contributed by atoms with Crippen molar-refractivity contribution in [3.05, 3.63) is 16.3 Å². The standard InChI is InChI=1S/C10H17N3O3S2/c1-7(5-11)13(3)10(14)9-4-8(6-17-9)18(15,16)12-2/h4,6-7,12H,5,11H2,1-3H3. The Morgan fingerprint density at radius 2 is 2.22 bits per heavy atom. The molecule has 0 spiro atoms. The number of nitrogens with two attached hydrogens (primary N) is 1. The number of carbonyl (C=O) groups is 1. The number of rotatable bonds is 5. The van der Waals surface area contributed by atoms with Crippen LogP contribution in [0.25, 0.3) is 0 Å². The quantitative estimate of drug-likeness (QED) is 0.803. The molecule has 0 aliphatic carbocycles. The van der Waals surface area contributed by atoms with E-state index in [1.165, 1.54) is 23.4 Å². The first-order valence-electron chi connectivity index (χ1n) is 5.32. The molecule has 1 aromatic rings. The van der Waals surface area contributed by atoms with Crippen LogP contribution in [0.3, 0.4) is 0 Å². The van der Waals surface area contributed by atoms with Crippen LogP contribution in [0.5, 0.6) is 0 Å². The molecule has 0 bridgehead atoms. The third kappa shape index (κ3) is 3.08. The van der Waals surface area contributed by atoms with E-state index < -0.39 is 10.0 Å². The Balaban J connectivity index is 2.97. The van der Waals surface area contributed by atoms with Crippen molar-refractivity contribution in [1.29, 1.82) is 0 Å². The van der Waals surface area contributed by atoms with Crippen molar-refractivity contribution in [2.24, 2.45) is 5.73 Å². The van der Waals surface area contributed by atoms with Gasteiger partial charge in [-0.15, -0.1) is 11.3 Å². The van der Waals surface area contributed by atoms with E-state index in [1.807, 2.05) is 6.92 Å². The summed E-state index contributed by atoms with van der Waals surface area (Å²) in [5, 5.41) is 1.44. The highest BCUT2D eigenvalue weighted by Crippen LogP contribution is 2.20. The predicted octanol–water partition coefficient (Wildman–Crippen LogP) is 0.0754. The van der Waals surface area contributed by atoms with Gasteiger partial charge in [0.15, 0.2) is 0 Å². The molecule has 3 N–H and O–H groups in total. The van der Waals surface area contributed by atoms with Crippen molar-refractivity contribution in [1.82, 2.24) is 9.62 Å². The van der Waals surface area contributed by atoms with E-state index in [1.54, 1.807) is 7.05 Å². The summed E-state index contributed by atoms with van der Waals surface area (Å²) < 4.78 is 25.3. The average Bonchev–Trinajstić information content (AvgIpc) is 2.86. The van der Waals surface area contributed by atoms with Crippen LogP contribution in [-0.4, -0.2) is 45.9 Å². The molecule has 0 fully saturated rings. The van der Waals surface area contributed by atoms with Crippen molar-refractivity contribution < 1.29 is 13.2 Å². The Bertz CT molecular complexity index is 524. The topological polar surface area (TPSA) is 92.5 Å². The molecule has 18 heavy (non-hydrogen) atoms. The first kappa shape index (κ1) is 15.1. The van der Waals surface area contributed by atoms with Crippen molar-refractivity contribution in [2.75, 3.05) is 20.6 Å². The van der Waals surface area contributed by atoms with Crippen molar-refractivity contribution in [3.63, 3.8) is 0 Å². The Hall–Kier alpha value is -0.960. The van der Waals surface area contributed by atoms with E-state index >= 15 is 0 Å². The van der Waals surface area contributed by atoms with Crippen LogP contribution >= 0.6 is 11.3 Å². The van der Waals surface area contributed by atoms with E-state index in [2.05, 4.69) is 4.72 Å². The highest BCUT2D eigenvalue weighted by atomic mass is 32.2. The average molecular weight is 291 g/mol. The third-order valence-electron chi connectivity index (χ3n) is 2.69. The molecule has 6 nitrogen and oxygen atoms in total. The largest absolute Gasteiger partial charge is 0.337 e. The number of nitrogens with zero attached hydrogens (tertiary/aromatic N) is 1. The number of sulfonamides is 1. The summed E-state index contributed by atoms with van der Waals surface area (Å²) in [5.41, 5.74) is 5.49. The monoisotopic (exact) mass is 291 g/mol. The number of hydrogen-bond acceptors (Lipinski definition) is 5. The van der Waals surface area contributed by atoms with Gasteiger partial charge < -0.3 is 10.6 Å². The van der Waals surface area contributed by atoms with Gasteiger partial charge in [-0.25, -0.2) is 13.1 Å². The lowest BCUT2D eigenvalue weighted by Gasteiger charge is -2.22. The maximum atomic E-state index is 12.0. The SMILES string of the molecule is CNS(=O)(=O)c1csc(C(=O)N(C)C(C)CN)c1. The summed E-state index contributed by atoms with van der Waals surface area (Å²) in [5.74, 6) is -0.226. The second-order valence-electron chi connectivity index (χ2n) is 3.86. The van der Waals surface area contributed by atoms with Gasteiger partial charge in [0.05, 0.1) is 9.77 Å². The van der Waals surface area contributed by atoms with Crippen molar-refractivity contribution in [2.45, 2.75) is 17.9 Å². The van der Waals surface area contributed by atoms with Gasteiger partial charge in [-0.2, -0.15) is 0 Å². The van der Waals surface area contributed by atoms with E-state index in [0.717, 1.165) is 11.3 Å². The number of likely N-dealkylation sites (N-methyl/N-ethyl adjacent to an activating group) is 1. The summed E-state index contributed by atoms with van der Waals surface area (Å²) >= 11 is 1.10. The van der Waals surface area contributed by atoms with Crippen LogP contribution in [0.15, 0.2) is 16.3 Å². The highest BCUT2D eigenvalue weighted by molar-refractivity contribution is 7.89. The van der Waals surface area contributed by atoms with E-state index in [9.17, 15) is 13.2 Å². The fourth-order valence-electron chi connectivity index (χ4n) is 1.22. The molecule has 102 valence electrons. The third-order valence-corrected chi connectivity index (χ3v) is 5.15. The fourth-order valence-corrected chi connectivity index (χ4v) is 3.21. The minimum atomic E-state index is -3.50. The van der Waals surface area contributed by atoms with Gasteiger partial charge in [0.2, 0.25) is 10.0 Å². The molecule has 1 atom stereocenters. The summed E-state index contributed by atoms with van der Waals surface area (Å²) in [6, 6.07) is 1.28. The van der Waals surface area contributed by atoms with Crippen LogP contribution in [0.2, 0.25) is 0 Å². The van der Waals surface area contributed by atoms with E-state index in [0.29, 0.717) is 11.4 Å². The molecule has 0 aliphatic heterocycles. The lowest BCUT2D eigenvalue weighted by atomic mass is 10.3. The van der Waals surface area contributed by atoms with Crippen molar-refractivity contribution in [3.8, 4) is 0 Å². The van der Waals surface area contributed by atoms with Gasteiger partial charge in [0.25, 0.3) is 5.91 Å². The molecule has 0 radical (unpaired) electrons. The number of amides is 1. The summed E-state index contributed by atoms with van der Waals surface area (Å²) in [7, 11) is -0.522. The number of carbonyl (C=O) groups excluding carboxylic acids is 1. The maximum absolute atomic E-state index is 12.0. The van der Waals surface area contributed by atoms with Crippen LogP contribution in [-0.2, 0) is 10.0 Å². The Morgan fingerprint density at radius 3 is 2.72 bits per heavy atom. The fraction of sp³-hybridized carbons (Fsp3) is 0.500. The van der Waals surface area contributed by atoms with Gasteiger partial charge in [-0.05, 0) is 20.0 Å². The molecule has 8 heteroatoms. The Morgan fingerprint density at radius 1 is 1.61 bits per heavy atom. The van der Waals surface area contributed by atoms with Crippen LogP contribution in [0.1, 0.15) is 16.6 Å². The lowest BCUT2D eigenvalue weighted by molar-refractivity contribution is 0.0753. The highest BCUT2D eigenvalue weighted by Gasteiger charge is 2.21. The minimum absolute atomic E-state index is 0.0936. The molecule has 1 unspecified atom stereocenters.